The molecule has 0 unspecified atom stereocenters. The zero-order chi connectivity index (χ0) is 14.9. The van der Waals surface area contributed by atoms with E-state index in [1.54, 1.807) is 20.8 Å². The minimum atomic E-state index is -3.21. The largest absolute Gasteiger partial charge is 0.444 e. The van der Waals surface area contributed by atoms with Crippen LogP contribution in [0, 0.1) is 5.41 Å². The van der Waals surface area contributed by atoms with Gasteiger partial charge in [-0.3, -0.25) is 0 Å². The Morgan fingerprint density at radius 2 is 1.84 bits per heavy atom. The third-order valence-electron chi connectivity index (χ3n) is 3.22. The van der Waals surface area contributed by atoms with Crippen molar-refractivity contribution in [1.29, 1.82) is 0 Å². The molecule has 2 N–H and O–H groups in total. The van der Waals surface area contributed by atoms with Gasteiger partial charge in [0.1, 0.15) is 5.60 Å². The molecule has 0 aromatic rings. The van der Waals surface area contributed by atoms with Crippen LogP contribution in [0.15, 0.2) is 0 Å². The number of ether oxygens (including phenoxy) is 1. The van der Waals surface area contributed by atoms with Gasteiger partial charge in [0, 0.05) is 19.5 Å². The Balaban J connectivity index is 2.84. The van der Waals surface area contributed by atoms with Gasteiger partial charge in [-0.05, 0) is 20.8 Å². The summed E-state index contributed by atoms with van der Waals surface area (Å²) >= 11 is 0. The topological polar surface area (TPSA) is 70.0 Å². The number of hydrogen-bond donors (Lipinski definition) is 2. The van der Waals surface area contributed by atoms with Crippen LogP contribution < -0.4 is 0 Å². The normalized spacial score (nSPS) is 22.2. The molecule has 1 amide bonds. The van der Waals surface area contributed by atoms with Crippen LogP contribution in [0.25, 0.3) is 0 Å². The zero-order valence-electron chi connectivity index (χ0n) is 11.4. The summed E-state index contributed by atoms with van der Waals surface area (Å²) < 4.78 is 32.7. The van der Waals surface area contributed by atoms with Gasteiger partial charge >= 0.3 is 6.09 Å². The number of alkyl halides is 2. The van der Waals surface area contributed by atoms with Crippen LogP contribution in [-0.2, 0) is 4.74 Å². The summed E-state index contributed by atoms with van der Waals surface area (Å²) in [6.07, 6.45) is -1.32. The molecule has 1 fully saturated rings. The quantitative estimate of drug-likeness (QED) is 0.799. The Bertz CT molecular complexity index is 337. The highest BCUT2D eigenvalue weighted by molar-refractivity contribution is 5.68. The van der Waals surface area contributed by atoms with Gasteiger partial charge in [-0.2, -0.15) is 0 Å². The van der Waals surface area contributed by atoms with E-state index in [2.05, 4.69) is 0 Å². The lowest BCUT2D eigenvalue weighted by atomic mass is 9.78. The fourth-order valence-corrected chi connectivity index (χ4v) is 1.96. The molecule has 0 spiro atoms. The summed E-state index contributed by atoms with van der Waals surface area (Å²) in [6.45, 7) is 2.65. The van der Waals surface area contributed by atoms with E-state index < -0.39 is 49.2 Å². The predicted molar refractivity (Wildman–Crippen MR) is 64.0 cm³/mol. The number of likely N-dealkylation sites (tertiary alicyclic amines) is 1. The summed E-state index contributed by atoms with van der Waals surface area (Å²) in [5.41, 5.74) is -2.74. The summed E-state index contributed by atoms with van der Waals surface area (Å²) in [6, 6.07) is 0. The summed E-state index contributed by atoms with van der Waals surface area (Å²) in [5.74, 6) is -3.21. The number of amides is 1. The Labute approximate surface area is 111 Å². The number of carbonyl (C=O) groups excluding carboxylic acids is 1. The standard InChI is InChI=1S/C12H21F2NO4/c1-10(2,3)19-9(18)15-5-4-12(13,14)11(6-15,7-16)8-17/h16-17H,4-8H2,1-3H3. The van der Waals surface area contributed by atoms with Gasteiger partial charge in [0.2, 0.25) is 0 Å². The first kappa shape index (κ1) is 16.1. The fourth-order valence-electron chi connectivity index (χ4n) is 1.96. The lowest BCUT2D eigenvalue weighted by molar-refractivity contribution is -0.195. The van der Waals surface area contributed by atoms with Crippen molar-refractivity contribution in [2.24, 2.45) is 5.41 Å². The molecule has 7 heteroatoms. The number of nitrogens with zero attached hydrogens (tertiary/aromatic N) is 1. The number of aliphatic hydroxyl groups excluding tert-OH is 2. The highest BCUT2D eigenvalue weighted by Gasteiger charge is 2.57. The maximum Gasteiger partial charge on any atom is 0.410 e. The Morgan fingerprint density at radius 1 is 1.32 bits per heavy atom. The van der Waals surface area contributed by atoms with Crippen molar-refractivity contribution in [3.05, 3.63) is 0 Å². The van der Waals surface area contributed by atoms with Crippen molar-refractivity contribution in [3.8, 4) is 0 Å². The zero-order valence-corrected chi connectivity index (χ0v) is 11.4. The van der Waals surface area contributed by atoms with Crippen LogP contribution in [0.5, 0.6) is 0 Å². The molecule has 1 rings (SSSR count). The average Bonchev–Trinajstić information content (AvgIpc) is 2.26. The molecule has 5 nitrogen and oxygen atoms in total. The highest BCUT2D eigenvalue weighted by atomic mass is 19.3. The van der Waals surface area contributed by atoms with Crippen LogP contribution in [0.4, 0.5) is 13.6 Å². The SMILES string of the molecule is CC(C)(C)OC(=O)N1CCC(F)(F)C(CO)(CO)C1. The molecule has 1 aliphatic heterocycles. The van der Waals surface area contributed by atoms with E-state index in [4.69, 9.17) is 4.74 Å². The Kier molecular flexibility index (Phi) is 4.41. The third-order valence-corrected chi connectivity index (χ3v) is 3.22. The predicted octanol–water partition coefficient (Wildman–Crippen LogP) is 1.23. The molecule has 0 radical (unpaired) electrons. The smallest absolute Gasteiger partial charge is 0.410 e. The first-order chi connectivity index (χ1) is 8.57. The molecule has 1 heterocycles. The molecule has 112 valence electrons. The van der Waals surface area contributed by atoms with Gasteiger partial charge in [0.05, 0.1) is 18.6 Å². The number of hydrogen-bond acceptors (Lipinski definition) is 4. The molecule has 1 saturated heterocycles. The minimum Gasteiger partial charge on any atom is -0.444 e. The third kappa shape index (κ3) is 3.33. The van der Waals surface area contributed by atoms with Crippen molar-refractivity contribution in [1.82, 2.24) is 4.90 Å². The van der Waals surface area contributed by atoms with E-state index in [1.165, 1.54) is 0 Å². The van der Waals surface area contributed by atoms with E-state index in [-0.39, 0.29) is 6.54 Å². The second kappa shape index (κ2) is 5.20. The van der Waals surface area contributed by atoms with E-state index in [1.807, 2.05) is 0 Å². The van der Waals surface area contributed by atoms with Crippen molar-refractivity contribution in [2.75, 3.05) is 26.3 Å². The van der Waals surface area contributed by atoms with Crippen LogP contribution in [0.3, 0.4) is 0 Å². The maximum absolute atomic E-state index is 13.8. The van der Waals surface area contributed by atoms with Crippen molar-refractivity contribution in [2.45, 2.75) is 38.7 Å². The van der Waals surface area contributed by atoms with Gasteiger partial charge in [0.25, 0.3) is 5.92 Å². The number of carbonyl (C=O) groups is 1. The average molecular weight is 281 g/mol. The summed E-state index contributed by atoms with van der Waals surface area (Å²) in [5, 5.41) is 18.4. The fraction of sp³-hybridized carbons (Fsp3) is 0.917. The molecule has 0 saturated carbocycles. The van der Waals surface area contributed by atoms with E-state index in [0.29, 0.717) is 0 Å². The molecule has 19 heavy (non-hydrogen) atoms. The first-order valence-corrected chi connectivity index (χ1v) is 6.14. The number of rotatable bonds is 2. The van der Waals surface area contributed by atoms with E-state index in [0.717, 1.165) is 4.90 Å². The second-order valence-corrected chi connectivity index (χ2v) is 5.95. The lowest BCUT2D eigenvalue weighted by Crippen LogP contribution is -2.61. The molecule has 0 aromatic carbocycles. The minimum absolute atomic E-state index is 0.163. The van der Waals surface area contributed by atoms with Crippen LogP contribution in [-0.4, -0.2) is 59.0 Å². The monoisotopic (exact) mass is 281 g/mol. The second-order valence-electron chi connectivity index (χ2n) is 5.95. The lowest BCUT2D eigenvalue weighted by Gasteiger charge is -2.45. The molecular formula is C12H21F2NO4. The van der Waals surface area contributed by atoms with E-state index >= 15 is 0 Å². The van der Waals surface area contributed by atoms with E-state index in [9.17, 15) is 23.8 Å². The van der Waals surface area contributed by atoms with Gasteiger partial charge in [-0.15, -0.1) is 0 Å². The van der Waals surface area contributed by atoms with Gasteiger partial charge < -0.3 is 19.8 Å². The van der Waals surface area contributed by atoms with Crippen molar-refractivity contribution < 1.29 is 28.5 Å². The van der Waals surface area contributed by atoms with Gasteiger partial charge in [-0.1, -0.05) is 0 Å². The summed E-state index contributed by atoms with van der Waals surface area (Å²) in [4.78, 5) is 12.9. The first-order valence-electron chi connectivity index (χ1n) is 6.14. The molecule has 0 bridgehead atoms. The van der Waals surface area contributed by atoms with Crippen LogP contribution >= 0.6 is 0 Å². The summed E-state index contributed by atoms with van der Waals surface area (Å²) in [7, 11) is 0. The van der Waals surface area contributed by atoms with Gasteiger partial charge in [-0.25, -0.2) is 13.6 Å². The van der Waals surface area contributed by atoms with Crippen LogP contribution in [0.1, 0.15) is 27.2 Å². The number of halogens is 2. The van der Waals surface area contributed by atoms with Crippen molar-refractivity contribution in [3.63, 3.8) is 0 Å². The molecule has 0 aromatic heterocycles. The molecule has 0 atom stereocenters. The Morgan fingerprint density at radius 3 is 2.26 bits per heavy atom. The van der Waals surface area contributed by atoms with Gasteiger partial charge in [0.15, 0.2) is 0 Å². The van der Waals surface area contributed by atoms with Crippen LogP contribution in [0.2, 0.25) is 0 Å². The molecular weight excluding hydrogens is 260 g/mol. The molecule has 1 aliphatic rings. The number of aliphatic hydroxyl groups is 2. The highest BCUT2D eigenvalue weighted by Crippen LogP contribution is 2.43. The Hall–Kier alpha value is -0.950. The number of piperidine rings is 1. The molecule has 0 aliphatic carbocycles. The maximum atomic E-state index is 13.8. The van der Waals surface area contributed by atoms with Crippen molar-refractivity contribution >= 4 is 6.09 Å².